The van der Waals surface area contributed by atoms with E-state index >= 15 is 0 Å². The number of benzene rings is 1. The zero-order chi connectivity index (χ0) is 10.8. The summed E-state index contributed by atoms with van der Waals surface area (Å²) in [5.41, 5.74) is 8.25. The van der Waals surface area contributed by atoms with Crippen LogP contribution in [0.1, 0.15) is 35.6 Å². The molecular formula is C12H15NO2. The third kappa shape index (κ3) is 2.02. The van der Waals surface area contributed by atoms with Crippen LogP contribution in [0.2, 0.25) is 0 Å². The van der Waals surface area contributed by atoms with Gasteiger partial charge in [-0.2, -0.15) is 0 Å². The maximum absolute atomic E-state index is 10.8. The lowest BCUT2D eigenvalue weighted by atomic mass is 9.89. The molecule has 0 spiro atoms. The zero-order valence-electron chi connectivity index (χ0n) is 8.57. The molecule has 3 heteroatoms. The summed E-state index contributed by atoms with van der Waals surface area (Å²) in [6.07, 6.45) is 3.38. The molecule has 1 aromatic rings. The number of carbonyl (C=O) groups is 1. The van der Waals surface area contributed by atoms with Crippen molar-refractivity contribution in [1.82, 2.24) is 0 Å². The van der Waals surface area contributed by atoms with E-state index in [0.717, 1.165) is 12.8 Å². The van der Waals surface area contributed by atoms with Crippen LogP contribution in [0.4, 0.5) is 0 Å². The van der Waals surface area contributed by atoms with Gasteiger partial charge in [0, 0.05) is 0 Å². The Balaban J connectivity index is 2.31. The summed E-state index contributed by atoms with van der Waals surface area (Å²) in [7, 11) is 0. The van der Waals surface area contributed by atoms with Crippen LogP contribution >= 0.6 is 0 Å². The van der Waals surface area contributed by atoms with Crippen LogP contribution in [0.5, 0.6) is 0 Å². The second-order valence-corrected chi connectivity index (χ2v) is 4.04. The minimum absolute atomic E-state index is 0.614. The molecule has 3 N–H and O–H groups in total. The van der Waals surface area contributed by atoms with Crippen LogP contribution in [0.3, 0.4) is 0 Å². The fourth-order valence-electron chi connectivity index (χ4n) is 2.09. The summed E-state index contributed by atoms with van der Waals surface area (Å²) in [5.74, 6) is -0.689. The fraction of sp³-hybridized carbons (Fsp3) is 0.417. The second-order valence-electron chi connectivity index (χ2n) is 4.04. The number of amides is 1. The van der Waals surface area contributed by atoms with E-state index in [1.807, 2.05) is 12.1 Å². The first-order chi connectivity index (χ1) is 7.18. The monoisotopic (exact) mass is 205 g/mol. The van der Waals surface area contributed by atoms with Crippen molar-refractivity contribution in [2.45, 2.75) is 31.8 Å². The first-order valence-corrected chi connectivity index (χ1v) is 5.27. The number of nitrogens with two attached hydrogens (primary N) is 1. The van der Waals surface area contributed by atoms with E-state index in [1.54, 1.807) is 6.07 Å². The molecule has 0 aromatic heterocycles. The molecule has 80 valence electrons. The van der Waals surface area contributed by atoms with Crippen molar-refractivity contribution in [3.05, 3.63) is 34.9 Å². The summed E-state index contributed by atoms with van der Waals surface area (Å²) >= 11 is 0. The molecule has 1 atom stereocenters. The molecule has 0 unspecified atom stereocenters. The van der Waals surface area contributed by atoms with Gasteiger partial charge in [-0.3, -0.25) is 4.79 Å². The predicted molar refractivity (Wildman–Crippen MR) is 57.2 cm³/mol. The van der Waals surface area contributed by atoms with Gasteiger partial charge < -0.3 is 10.8 Å². The molecule has 2 rings (SSSR count). The van der Waals surface area contributed by atoms with Gasteiger partial charge in [-0.1, -0.05) is 18.2 Å². The first-order valence-electron chi connectivity index (χ1n) is 5.27. The van der Waals surface area contributed by atoms with Gasteiger partial charge in [-0.15, -0.1) is 0 Å². The minimum atomic E-state index is -1.17. The highest BCUT2D eigenvalue weighted by molar-refractivity contribution is 5.80. The maximum Gasteiger partial charge on any atom is 0.250 e. The van der Waals surface area contributed by atoms with Gasteiger partial charge in [0.25, 0.3) is 5.91 Å². The Morgan fingerprint density at radius 3 is 2.60 bits per heavy atom. The van der Waals surface area contributed by atoms with E-state index in [-0.39, 0.29) is 0 Å². The number of rotatable bonds is 2. The van der Waals surface area contributed by atoms with Crippen LogP contribution in [-0.4, -0.2) is 11.0 Å². The predicted octanol–water partition coefficient (Wildman–Crippen LogP) is 1.08. The molecule has 0 heterocycles. The standard InChI is InChI=1S/C12H15NO2/c13-12(15)11(14)10-6-5-8-3-1-2-4-9(8)7-10/h5-7,11,14H,1-4H2,(H2,13,15)/t11-/m1/s1. The summed E-state index contributed by atoms with van der Waals surface area (Å²) in [6, 6.07) is 5.69. The van der Waals surface area contributed by atoms with Gasteiger partial charge in [0.15, 0.2) is 6.10 Å². The van der Waals surface area contributed by atoms with Crippen molar-refractivity contribution in [2.24, 2.45) is 5.73 Å². The van der Waals surface area contributed by atoms with Gasteiger partial charge in [0.05, 0.1) is 0 Å². The lowest BCUT2D eigenvalue weighted by Crippen LogP contribution is -2.21. The summed E-state index contributed by atoms with van der Waals surface area (Å²) in [6.45, 7) is 0. The largest absolute Gasteiger partial charge is 0.378 e. The highest BCUT2D eigenvalue weighted by Gasteiger charge is 2.16. The SMILES string of the molecule is NC(=O)[C@H](O)c1ccc2c(c1)CCCC2. The van der Waals surface area contributed by atoms with E-state index in [9.17, 15) is 9.90 Å². The van der Waals surface area contributed by atoms with E-state index in [0.29, 0.717) is 5.56 Å². The number of aliphatic hydroxyl groups is 1. The van der Waals surface area contributed by atoms with Crippen LogP contribution < -0.4 is 5.73 Å². The molecule has 1 amide bonds. The van der Waals surface area contributed by atoms with Gasteiger partial charge in [-0.05, 0) is 42.4 Å². The Labute approximate surface area is 88.9 Å². The van der Waals surface area contributed by atoms with E-state index < -0.39 is 12.0 Å². The van der Waals surface area contributed by atoms with Crippen molar-refractivity contribution in [3.63, 3.8) is 0 Å². The molecule has 0 radical (unpaired) electrons. The Hall–Kier alpha value is -1.35. The molecule has 1 aliphatic rings. The lowest BCUT2D eigenvalue weighted by molar-refractivity contribution is -0.126. The molecule has 0 saturated carbocycles. The van der Waals surface area contributed by atoms with E-state index in [2.05, 4.69) is 0 Å². The number of aryl methyl sites for hydroxylation is 2. The zero-order valence-corrected chi connectivity index (χ0v) is 8.57. The highest BCUT2D eigenvalue weighted by atomic mass is 16.3. The number of primary amides is 1. The molecule has 0 fully saturated rings. The van der Waals surface area contributed by atoms with Gasteiger partial charge >= 0.3 is 0 Å². The normalized spacial score (nSPS) is 16.9. The molecule has 0 aliphatic heterocycles. The quantitative estimate of drug-likeness (QED) is 0.759. The Bertz CT molecular complexity index is 387. The van der Waals surface area contributed by atoms with Crippen LogP contribution in [0.15, 0.2) is 18.2 Å². The number of fused-ring (bicyclic) bond motifs is 1. The Morgan fingerprint density at radius 1 is 1.27 bits per heavy atom. The smallest absolute Gasteiger partial charge is 0.250 e. The van der Waals surface area contributed by atoms with Crippen molar-refractivity contribution in [1.29, 1.82) is 0 Å². The molecule has 1 aromatic carbocycles. The highest BCUT2D eigenvalue weighted by Crippen LogP contribution is 2.24. The number of hydrogen-bond donors (Lipinski definition) is 2. The van der Waals surface area contributed by atoms with Crippen LogP contribution in [-0.2, 0) is 17.6 Å². The third-order valence-corrected chi connectivity index (χ3v) is 2.96. The second kappa shape index (κ2) is 4.03. The molecular weight excluding hydrogens is 190 g/mol. The molecule has 1 aliphatic carbocycles. The summed E-state index contributed by atoms with van der Waals surface area (Å²) in [5, 5.41) is 9.52. The van der Waals surface area contributed by atoms with Crippen molar-refractivity contribution in [3.8, 4) is 0 Å². The van der Waals surface area contributed by atoms with Crippen LogP contribution in [0, 0.1) is 0 Å². The number of aliphatic hydroxyl groups excluding tert-OH is 1. The Kier molecular flexibility index (Phi) is 2.73. The number of hydrogen-bond acceptors (Lipinski definition) is 2. The van der Waals surface area contributed by atoms with Gasteiger partial charge in [0.2, 0.25) is 0 Å². The topological polar surface area (TPSA) is 63.3 Å². The summed E-state index contributed by atoms with van der Waals surface area (Å²) < 4.78 is 0. The minimum Gasteiger partial charge on any atom is -0.378 e. The third-order valence-electron chi connectivity index (χ3n) is 2.96. The average Bonchev–Trinajstić information content (AvgIpc) is 2.27. The van der Waals surface area contributed by atoms with Crippen molar-refractivity contribution >= 4 is 5.91 Å². The van der Waals surface area contributed by atoms with Gasteiger partial charge in [0.1, 0.15) is 0 Å². The fourth-order valence-corrected chi connectivity index (χ4v) is 2.09. The molecule has 15 heavy (non-hydrogen) atoms. The Morgan fingerprint density at radius 2 is 1.93 bits per heavy atom. The molecule has 0 bridgehead atoms. The van der Waals surface area contributed by atoms with Crippen LogP contribution in [0.25, 0.3) is 0 Å². The maximum atomic E-state index is 10.8. The van der Waals surface area contributed by atoms with E-state index in [1.165, 1.54) is 24.0 Å². The summed E-state index contributed by atoms with van der Waals surface area (Å²) in [4.78, 5) is 10.8. The van der Waals surface area contributed by atoms with Crippen molar-refractivity contribution in [2.75, 3.05) is 0 Å². The average molecular weight is 205 g/mol. The van der Waals surface area contributed by atoms with Gasteiger partial charge in [-0.25, -0.2) is 0 Å². The van der Waals surface area contributed by atoms with E-state index in [4.69, 9.17) is 5.73 Å². The molecule has 0 saturated heterocycles. The number of carbonyl (C=O) groups excluding carboxylic acids is 1. The molecule has 3 nitrogen and oxygen atoms in total. The first kappa shape index (κ1) is 10.2. The lowest BCUT2D eigenvalue weighted by Gasteiger charge is -2.17. The van der Waals surface area contributed by atoms with Crippen molar-refractivity contribution < 1.29 is 9.90 Å².